The standard InChI is InChI=1S/C14H18FN3/c1-14(2,13-4-3-7-17-13)9-18-12-8-10(15)5-6-11(12)16/h3-8,17-18H,9,16H2,1-2H3. The molecular formula is C14H18FN3. The number of nitrogens with one attached hydrogen (secondary N) is 2. The number of aromatic nitrogens is 1. The molecule has 0 unspecified atom stereocenters. The Balaban J connectivity index is 2.09. The van der Waals surface area contributed by atoms with Gasteiger partial charge in [0.25, 0.3) is 0 Å². The topological polar surface area (TPSA) is 53.8 Å². The Morgan fingerprint density at radius 2 is 2.11 bits per heavy atom. The highest BCUT2D eigenvalue weighted by Gasteiger charge is 2.21. The summed E-state index contributed by atoms with van der Waals surface area (Å²) in [5, 5.41) is 3.20. The van der Waals surface area contributed by atoms with Crippen LogP contribution in [0.15, 0.2) is 36.5 Å². The number of anilines is 2. The van der Waals surface area contributed by atoms with Crippen molar-refractivity contribution in [2.45, 2.75) is 19.3 Å². The summed E-state index contributed by atoms with van der Waals surface area (Å²) >= 11 is 0. The Hall–Kier alpha value is -1.97. The lowest BCUT2D eigenvalue weighted by molar-refractivity contribution is 0.541. The van der Waals surface area contributed by atoms with E-state index in [1.54, 1.807) is 6.07 Å². The SMILES string of the molecule is CC(C)(CNc1cc(F)ccc1N)c1ccc[nH]1. The Morgan fingerprint density at radius 3 is 2.78 bits per heavy atom. The maximum absolute atomic E-state index is 13.1. The fraction of sp³-hybridized carbons (Fsp3) is 0.286. The summed E-state index contributed by atoms with van der Waals surface area (Å²) in [4.78, 5) is 3.19. The number of benzene rings is 1. The zero-order valence-electron chi connectivity index (χ0n) is 10.6. The van der Waals surface area contributed by atoms with E-state index >= 15 is 0 Å². The van der Waals surface area contributed by atoms with Crippen LogP contribution < -0.4 is 11.1 Å². The molecule has 0 fully saturated rings. The van der Waals surface area contributed by atoms with Gasteiger partial charge in [0.2, 0.25) is 0 Å². The molecule has 4 N–H and O–H groups in total. The van der Waals surface area contributed by atoms with Crippen molar-refractivity contribution in [2.75, 3.05) is 17.6 Å². The molecule has 3 nitrogen and oxygen atoms in total. The van der Waals surface area contributed by atoms with Crippen LogP contribution in [0.5, 0.6) is 0 Å². The van der Waals surface area contributed by atoms with Crippen LogP contribution in [0.25, 0.3) is 0 Å². The molecule has 0 saturated carbocycles. The van der Waals surface area contributed by atoms with Gasteiger partial charge in [-0.1, -0.05) is 13.8 Å². The lowest BCUT2D eigenvalue weighted by Gasteiger charge is -2.25. The van der Waals surface area contributed by atoms with Gasteiger partial charge in [-0.05, 0) is 30.3 Å². The van der Waals surface area contributed by atoms with E-state index in [-0.39, 0.29) is 11.2 Å². The van der Waals surface area contributed by atoms with Gasteiger partial charge in [0.15, 0.2) is 0 Å². The van der Waals surface area contributed by atoms with Crippen LogP contribution in [0.2, 0.25) is 0 Å². The molecular weight excluding hydrogens is 229 g/mol. The average Bonchev–Trinajstić information content (AvgIpc) is 2.85. The first kappa shape index (κ1) is 12.5. The van der Waals surface area contributed by atoms with Crippen molar-refractivity contribution in [2.24, 2.45) is 0 Å². The summed E-state index contributed by atoms with van der Waals surface area (Å²) in [5.74, 6) is -0.288. The zero-order valence-corrected chi connectivity index (χ0v) is 10.6. The number of halogens is 1. The quantitative estimate of drug-likeness (QED) is 0.727. The van der Waals surface area contributed by atoms with Crippen LogP contribution in [0.4, 0.5) is 15.8 Å². The van der Waals surface area contributed by atoms with Gasteiger partial charge >= 0.3 is 0 Å². The molecule has 0 amide bonds. The molecule has 0 spiro atoms. The number of H-pyrrole nitrogens is 1. The van der Waals surface area contributed by atoms with Crippen LogP contribution in [-0.2, 0) is 5.41 Å². The first-order chi connectivity index (χ1) is 8.49. The Kier molecular flexibility index (Phi) is 3.28. The minimum Gasteiger partial charge on any atom is -0.397 e. The van der Waals surface area contributed by atoms with Gasteiger partial charge in [0.05, 0.1) is 11.4 Å². The molecule has 0 radical (unpaired) electrons. The number of hydrogen-bond donors (Lipinski definition) is 3. The van der Waals surface area contributed by atoms with Crippen molar-refractivity contribution < 1.29 is 4.39 Å². The van der Waals surface area contributed by atoms with Gasteiger partial charge in [-0.15, -0.1) is 0 Å². The molecule has 96 valence electrons. The highest BCUT2D eigenvalue weighted by molar-refractivity contribution is 5.66. The normalized spacial score (nSPS) is 11.5. The van der Waals surface area contributed by atoms with Crippen LogP contribution in [0.1, 0.15) is 19.5 Å². The van der Waals surface area contributed by atoms with Gasteiger partial charge in [0.1, 0.15) is 5.82 Å². The molecule has 0 aliphatic carbocycles. The van der Waals surface area contributed by atoms with E-state index < -0.39 is 0 Å². The fourth-order valence-corrected chi connectivity index (χ4v) is 1.84. The first-order valence-corrected chi connectivity index (χ1v) is 5.92. The number of hydrogen-bond acceptors (Lipinski definition) is 2. The number of rotatable bonds is 4. The fourth-order valence-electron chi connectivity index (χ4n) is 1.84. The third-order valence-electron chi connectivity index (χ3n) is 3.06. The summed E-state index contributed by atoms with van der Waals surface area (Å²) in [6.07, 6.45) is 1.90. The van der Waals surface area contributed by atoms with Gasteiger partial charge in [-0.25, -0.2) is 4.39 Å². The van der Waals surface area contributed by atoms with E-state index in [9.17, 15) is 4.39 Å². The second-order valence-electron chi connectivity index (χ2n) is 5.05. The largest absolute Gasteiger partial charge is 0.397 e. The van der Waals surface area contributed by atoms with Crippen LogP contribution in [0, 0.1) is 5.82 Å². The Morgan fingerprint density at radius 1 is 1.33 bits per heavy atom. The molecule has 2 rings (SSSR count). The molecule has 0 bridgehead atoms. The predicted octanol–water partition coefficient (Wildman–Crippen LogP) is 3.13. The van der Waals surface area contributed by atoms with Crippen LogP contribution in [0.3, 0.4) is 0 Å². The molecule has 1 aromatic heterocycles. The van der Waals surface area contributed by atoms with E-state index in [4.69, 9.17) is 5.73 Å². The van der Waals surface area contributed by atoms with Crippen molar-refractivity contribution in [1.29, 1.82) is 0 Å². The van der Waals surface area contributed by atoms with Crippen molar-refractivity contribution in [3.05, 3.63) is 48.0 Å². The van der Waals surface area contributed by atoms with Crippen molar-refractivity contribution in [3.8, 4) is 0 Å². The second kappa shape index (κ2) is 4.72. The van der Waals surface area contributed by atoms with E-state index in [2.05, 4.69) is 24.1 Å². The number of nitrogen functional groups attached to an aromatic ring is 1. The van der Waals surface area contributed by atoms with Gasteiger partial charge in [0, 0.05) is 23.9 Å². The summed E-state index contributed by atoms with van der Waals surface area (Å²) in [6, 6.07) is 8.35. The highest BCUT2D eigenvalue weighted by Crippen LogP contribution is 2.24. The van der Waals surface area contributed by atoms with Gasteiger partial charge in [-0.3, -0.25) is 0 Å². The third-order valence-corrected chi connectivity index (χ3v) is 3.06. The van der Waals surface area contributed by atoms with E-state index in [1.165, 1.54) is 12.1 Å². The molecule has 1 aromatic carbocycles. The summed E-state index contributed by atoms with van der Waals surface area (Å²) in [5.41, 5.74) is 8.04. The minimum absolute atomic E-state index is 0.0811. The van der Waals surface area contributed by atoms with E-state index in [0.717, 1.165) is 5.69 Å². The Bertz CT molecular complexity index is 518. The van der Waals surface area contributed by atoms with E-state index in [0.29, 0.717) is 17.9 Å². The van der Waals surface area contributed by atoms with Gasteiger partial charge < -0.3 is 16.0 Å². The van der Waals surface area contributed by atoms with E-state index in [1.807, 2.05) is 18.3 Å². The molecule has 18 heavy (non-hydrogen) atoms. The third kappa shape index (κ3) is 2.64. The highest BCUT2D eigenvalue weighted by atomic mass is 19.1. The summed E-state index contributed by atoms with van der Waals surface area (Å²) < 4.78 is 13.1. The minimum atomic E-state index is -0.288. The average molecular weight is 247 g/mol. The van der Waals surface area contributed by atoms with Crippen molar-refractivity contribution in [3.63, 3.8) is 0 Å². The number of aromatic amines is 1. The lowest BCUT2D eigenvalue weighted by Crippen LogP contribution is -2.28. The molecule has 2 aromatic rings. The smallest absolute Gasteiger partial charge is 0.125 e. The Labute approximate surface area is 106 Å². The van der Waals surface area contributed by atoms with Gasteiger partial charge in [-0.2, -0.15) is 0 Å². The summed E-state index contributed by atoms with van der Waals surface area (Å²) in [7, 11) is 0. The van der Waals surface area contributed by atoms with Crippen LogP contribution in [-0.4, -0.2) is 11.5 Å². The molecule has 0 saturated heterocycles. The maximum atomic E-state index is 13.1. The maximum Gasteiger partial charge on any atom is 0.125 e. The number of nitrogens with two attached hydrogens (primary N) is 1. The van der Waals surface area contributed by atoms with Crippen molar-refractivity contribution in [1.82, 2.24) is 4.98 Å². The monoisotopic (exact) mass is 247 g/mol. The second-order valence-corrected chi connectivity index (χ2v) is 5.05. The first-order valence-electron chi connectivity index (χ1n) is 5.92. The molecule has 4 heteroatoms. The molecule has 1 heterocycles. The zero-order chi connectivity index (χ0) is 13.2. The van der Waals surface area contributed by atoms with Crippen LogP contribution >= 0.6 is 0 Å². The van der Waals surface area contributed by atoms with Crippen molar-refractivity contribution >= 4 is 11.4 Å². The molecule has 0 aliphatic rings. The molecule has 0 atom stereocenters. The predicted molar refractivity (Wildman–Crippen MR) is 73.1 cm³/mol. The lowest BCUT2D eigenvalue weighted by atomic mass is 9.89. The summed E-state index contributed by atoms with van der Waals surface area (Å²) in [6.45, 7) is 4.89. The molecule has 0 aliphatic heterocycles.